The monoisotopic (exact) mass is 351 g/mol. The van der Waals surface area contributed by atoms with Gasteiger partial charge in [0, 0.05) is 19.3 Å². The minimum absolute atomic E-state index is 0.154. The number of hydrogen-bond acceptors (Lipinski definition) is 3. The van der Waals surface area contributed by atoms with Crippen molar-refractivity contribution in [1.82, 2.24) is 10.2 Å². The predicted octanol–water partition coefficient (Wildman–Crippen LogP) is 1.30. The molecule has 136 valence electrons. The zero-order valence-electron chi connectivity index (χ0n) is 15.2. The third-order valence-corrected chi connectivity index (χ3v) is 5.29. The summed E-state index contributed by atoms with van der Waals surface area (Å²) in [6, 6.07) is 16.9. The molecule has 1 aliphatic rings. The fourth-order valence-corrected chi connectivity index (χ4v) is 3.64. The maximum Gasteiger partial charge on any atom is 0.241 e. The molecule has 0 spiro atoms. The van der Waals surface area contributed by atoms with Crippen LogP contribution in [0.4, 0.5) is 0 Å². The van der Waals surface area contributed by atoms with E-state index in [1.807, 2.05) is 61.5 Å². The summed E-state index contributed by atoms with van der Waals surface area (Å²) in [7, 11) is 3.81. The normalized spacial score (nSPS) is 16.1. The van der Waals surface area contributed by atoms with Crippen LogP contribution in [0.15, 0.2) is 54.6 Å². The van der Waals surface area contributed by atoms with E-state index in [1.165, 1.54) is 11.1 Å². The fraction of sp³-hybridized carbons (Fsp3) is 0.333. The predicted molar refractivity (Wildman–Crippen MR) is 102 cm³/mol. The van der Waals surface area contributed by atoms with Crippen molar-refractivity contribution in [3.63, 3.8) is 0 Å². The lowest BCUT2D eigenvalue weighted by Gasteiger charge is -2.35. The number of carbonyl (C=O) groups is 2. The number of benzene rings is 2. The quantitative estimate of drug-likeness (QED) is 0.824. The van der Waals surface area contributed by atoms with E-state index in [2.05, 4.69) is 17.4 Å². The van der Waals surface area contributed by atoms with Gasteiger partial charge in [0.05, 0.1) is 0 Å². The van der Waals surface area contributed by atoms with Gasteiger partial charge in [-0.3, -0.25) is 14.5 Å². The van der Waals surface area contributed by atoms with E-state index in [4.69, 9.17) is 5.73 Å². The summed E-state index contributed by atoms with van der Waals surface area (Å²) >= 11 is 0. The number of nitrogens with two attached hydrogens (primary N) is 1. The van der Waals surface area contributed by atoms with E-state index >= 15 is 0 Å². The van der Waals surface area contributed by atoms with E-state index in [1.54, 1.807) is 0 Å². The first-order valence-corrected chi connectivity index (χ1v) is 8.81. The molecule has 1 aliphatic carbocycles. The second-order valence-electron chi connectivity index (χ2n) is 7.17. The molecular formula is C21H25N3O2. The van der Waals surface area contributed by atoms with E-state index in [-0.39, 0.29) is 5.91 Å². The molecule has 3 N–H and O–H groups in total. The van der Waals surface area contributed by atoms with Crippen LogP contribution in [0.3, 0.4) is 0 Å². The Bertz CT molecular complexity index is 777. The van der Waals surface area contributed by atoms with Crippen molar-refractivity contribution in [2.75, 3.05) is 14.1 Å². The van der Waals surface area contributed by atoms with Crippen LogP contribution in [0, 0.1) is 0 Å². The average Bonchev–Trinajstić information content (AvgIpc) is 3.03. The van der Waals surface area contributed by atoms with Gasteiger partial charge in [-0.15, -0.1) is 0 Å². The van der Waals surface area contributed by atoms with Gasteiger partial charge in [-0.2, -0.15) is 0 Å². The average molecular weight is 351 g/mol. The van der Waals surface area contributed by atoms with Crippen molar-refractivity contribution in [3.05, 3.63) is 71.3 Å². The Labute approximate surface area is 154 Å². The van der Waals surface area contributed by atoms with Crippen molar-refractivity contribution < 1.29 is 9.59 Å². The Balaban J connectivity index is 1.80. The third kappa shape index (κ3) is 3.48. The number of amides is 2. The molecule has 26 heavy (non-hydrogen) atoms. The van der Waals surface area contributed by atoms with Gasteiger partial charge in [0.25, 0.3) is 0 Å². The molecule has 2 aromatic rings. The smallest absolute Gasteiger partial charge is 0.241 e. The van der Waals surface area contributed by atoms with Crippen molar-refractivity contribution in [3.8, 4) is 0 Å². The molecule has 3 rings (SSSR count). The Kier molecular flexibility index (Phi) is 5.09. The lowest BCUT2D eigenvalue weighted by Crippen LogP contribution is -2.60. The van der Waals surface area contributed by atoms with Crippen LogP contribution in [0.25, 0.3) is 0 Å². The van der Waals surface area contributed by atoms with Gasteiger partial charge in [0.2, 0.25) is 11.8 Å². The third-order valence-electron chi connectivity index (χ3n) is 5.29. The number of rotatable bonds is 6. The molecule has 0 radical (unpaired) electrons. The molecule has 1 atom stereocenters. The van der Waals surface area contributed by atoms with Crippen molar-refractivity contribution in [2.45, 2.75) is 30.8 Å². The molecule has 5 nitrogen and oxygen atoms in total. The topological polar surface area (TPSA) is 75.4 Å². The maximum absolute atomic E-state index is 13.2. The molecule has 5 heteroatoms. The van der Waals surface area contributed by atoms with Crippen LogP contribution in [0.5, 0.6) is 0 Å². The molecule has 2 amide bonds. The molecule has 0 unspecified atom stereocenters. The van der Waals surface area contributed by atoms with Gasteiger partial charge in [-0.05, 0) is 30.8 Å². The summed E-state index contributed by atoms with van der Waals surface area (Å²) < 4.78 is 0. The number of carbonyl (C=O) groups excluding carboxylic acids is 2. The lowest BCUT2D eigenvalue weighted by atomic mass is 9.92. The number of likely N-dealkylation sites (N-methyl/N-ethyl adjacent to an activating group) is 1. The number of nitrogens with one attached hydrogen (secondary N) is 1. The highest BCUT2D eigenvalue weighted by molar-refractivity contribution is 5.93. The highest BCUT2D eigenvalue weighted by Crippen LogP contribution is 2.33. The van der Waals surface area contributed by atoms with Gasteiger partial charge in [-0.25, -0.2) is 0 Å². The minimum Gasteiger partial charge on any atom is -0.368 e. The van der Waals surface area contributed by atoms with Gasteiger partial charge in [0.15, 0.2) is 0 Å². The van der Waals surface area contributed by atoms with E-state index in [0.717, 1.165) is 5.56 Å². The summed E-state index contributed by atoms with van der Waals surface area (Å²) in [6.45, 7) is 0. The Hall–Kier alpha value is -2.66. The van der Waals surface area contributed by atoms with Crippen LogP contribution < -0.4 is 11.1 Å². The van der Waals surface area contributed by atoms with E-state index < -0.39 is 17.5 Å². The van der Waals surface area contributed by atoms with Crippen molar-refractivity contribution in [1.29, 1.82) is 0 Å². The molecule has 0 heterocycles. The largest absolute Gasteiger partial charge is 0.368 e. The fourth-order valence-electron chi connectivity index (χ4n) is 3.64. The molecule has 0 aromatic heterocycles. The Morgan fingerprint density at radius 1 is 1.04 bits per heavy atom. The number of hydrogen-bond donors (Lipinski definition) is 2. The van der Waals surface area contributed by atoms with Gasteiger partial charge < -0.3 is 11.1 Å². The van der Waals surface area contributed by atoms with E-state index in [9.17, 15) is 9.59 Å². The molecule has 0 saturated heterocycles. The number of fused-ring (bicyclic) bond motifs is 1. The first-order chi connectivity index (χ1) is 12.4. The summed E-state index contributed by atoms with van der Waals surface area (Å²) in [6.07, 6.45) is 1.63. The number of primary amides is 1. The molecule has 0 aliphatic heterocycles. The van der Waals surface area contributed by atoms with Crippen LogP contribution in [-0.2, 0) is 28.9 Å². The van der Waals surface area contributed by atoms with Gasteiger partial charge >= 0.3 is 0 Å². The van der Waals surface area contributed by atoms with Crippen molar-refractivity contribution >= 4 is 11.8 Å². The van der Waals surface area contributed by atoms with Crippen LogP contribution >= 0.6 is 0 Å². The molecule has 0 fully saturated rings. The molecular weight excluding hydrogens is 326 g/mol. The summed E-state index contributed by atoms with van der Waals surface area (Å²) in [5.41, 5.74) is 8.18. The van der Waals surface area contributed by atoms with Crippen LogP contribution in [0.2, 0.25) is 0 Å². The second-order valence-corrected chi connectivity index (χ2v) is 7.17. The Morgan fingerprint density at radius 2 is 1.58 bits per heavy atom. The standard InChI is InChI=1S/C21H25N3O2/c1-24(2)21(13-16-10-6-7-11-17(16)14-21)20(26)23-18(19(22)25)12-15-8-4-3-5-9-15/h3-11,18H,12-14H2,1-2H3,(H2,22,25)(H,23,26)/t18-/m0/s1. The van der Waals surface area contributed by atoms with Gasteiger partial charge in [-0.1, -0.05) is 54.6 Å². The minimum atomic E-state index is -0.731. The summed E-state index contributed by atoms with van der Waals surface area (Å²) in [5, 5.41) is 2.91. The second kappa shape index (κ2) is 7.30. The SMILES string of the molecule is CN(C)C1(C(=O)N[C@@H](Cc2ccccc2)C(N)=O)Cc2ccccc2C1. The Morgan fingerprint density at radius 3 is 2.08 bits per heavy atom. The van der Waals surface area contributed by atoms with E-state index in [0.29, 0.717) is 19.3 Å². The molecule has 2 aromatic carbocycles. The zero-order valence-corrected chi connectivity index (χ0v) is 15.2. The zero-order chi connectivity index (χ0) is 18.7. The lowest BCUT2D eigenvalue weighted by molar-refractivity contribution is -0.135. The first kappa shape index (κ1) is 18.1. The highest BCUT2D eigenvalue weighted by atomic mass is 16.2. The molecule has 0 saturated carbocycles. The van der Waals surface area contributed by atoms with Crippen LogP contribution in [-0.4, -0.2) is 42.4 Å². The van der Waals surface area contributed by atoms with Gasteiger partial charge in [0.1, 0.15) is 11.6 Å². The van der Waals surface area contributed by atoms with Crippen LogP contribution in [0.1, 0.15) is 16.7 Å². The van der Waals surface area contributed by atoms with Crippen molar-refractivity contribution in [2.24, 2.45) is 5.73 Å². The first-order valence-electron chi connectivity index (χ1n) is 8.81. The maximum atomic E-state index is 13.2. The summed E-state index contributed by atoms with van der Waals surface area (Å²) in [4.78, 5) is 27.1. The highest BCUT2D eigenvalue weighted by Gasteiger charge is 2.46. The summed E-state index contributed by atoms with van der Waals surface area (Å²) in [5.74, 6) is -0.676. The molecule has 0 bridgehead atoms. The number of nitrogens with zero attached hydrogens (tertiary/aromatic N) is 1.